The standard InChI is InChI=1S/C25H30FN3O4S/c26-21-8-7-18(16-22(21)28-24(30)9-10-29-11-14-32-15-12-29)27-25(31)20-5-1-2-6-23(20)34-17-19-4-3-13-33-19/h1-2,5-8,16,19H,3-4,9-15,17H2,(H,27,31)(H,28,30). The molecule has 0 bridgehead atoms. The van der Waals surface area contributed by atoms with Gasteiger partial charge in [-0.2, -0.15) is 0 Å². The summed E-state index contributed by atoms with van der Waals surface area (Å²) in [6.07, 6.45) is 2.58. The highest BCUT2D eigenvalue weighted by molar-refractivity contribution is 7.99. The van der Waals surface area contributed by atoms with E-state index in [0.29, 0.717) is 31.0 Å². The van der Waals surface area contributed by atoms with Crippen LogP contribution >= 0.6 is 11.8 Å². The van der Waals surface area contributed by atoms with E-state index in [1.807, 2.05) is 18.2 Å². The fourth-order valence-electron chi connectivity index (χ4n) is 3.93. The molecule has 0 radical (unpaired) electrons. The van der Waals surface area contributed by atoms with Gasteiger partial charge in [0.15, 0.2) is 0 Å². The first-order valence-corrected chi connectivity index (χ1v) is 12.6. The lowest BCUT2D eigenvalue weighted by Gasteiger charge is -2.26. The highest BCUT2D eigenvalue weighted by Gasteiger charge is 2.19. The summed E-state index contributed by atoms with van der Waals surface area (Å²) >= 11 is 1.60. The molecule has 2 aliphatic rings. The first-order chi connectivity index (χ1) is 16.6. The lowest BCUT2D eigenvalue weighted by molar-refractivity contribution is -0.116. The molecule has 1 atom stereocenters. The lowest BCUT2D eigenvalue weighted by Crippen LogP contribution is -2.38. The van der Waals surface area contributed by atoms with Crippen molar-refractivity contribution in [3.8, 4) is 0 Å². The minimum Gasteiger partial charge on any atom is -0.379 e. The Balaban J connectivity index is 1.35. The van der Waals surface area contributed by atoms with Crippen LogP contribution in [0.15, 0.2) is 47.4 Å². The molecule has 2 amide bonds. The normalized spacial score (nSPS) is 18.6. The Morgan fingerprint density at radius 2 is 1.91 bits per heavy atom. The predicted molar refractivity (Wildman–Crippen MR) is 131 cm³/mol. The van der Waals surface area contributed by atoms with E-state index in [9.17, 15) is 14.0 Å². The monoisotopic (exact) mass is 487 g/mol. The van der Waals surface area contributed by atoms with Crippen LogP contribution in [0.2, 0.25) is 0 Å². The zero-order chi connectivity index (χ0) is 23.8. The SMILES string of the molecule is O=C(CCN1CCOCC1)Nc1cc(NC(=O)c2ccccc2SCC2CCCO2)ccc1F. The highest BCUT2D eigenvalue weighted by atomic mass is 32.2. The average molecular weight is 488 g/mol. The van der Waals surface area contributed by atoms with E-state index in [4.69, 9.17) is 9.47 Å². The summed E-state index contributed by atoms with van der Waals surface area (Å²) in [4.78, 5) is 28.3. The number of ether oxygens (including phenoxy) is 2. The van der Waals surface area contributed by atoms with Gasteiger partial charge >= 0.3 is 0 Å². The predicted octanol–water partition coefficient (Wildman–Crippen LogP) is 4.01. The Hall–Kier alpha value is -2.46. The van der Waals surface area contributed by atoms with E-state index in [0.717, 1.165) is 43.2 Å². The van der Waals surface area contributed by atoms with E-state index >= 15 is 0 Å². The van der Waals surface area contributed by atoms with E-state index in [1.54, 1.807) is 17.8 Å². The van der Waals surface area contributed by atoms with Crippen molar-refractivity contribution in [1.29, 1.82) is 0 Å². The molecule has 2 aliphatic heterocycles. The zero-order valence-corrected chi connectivity index (χ0v) is 19.9. The van der Waals surface area contributed by atoms with Gasteiger partial charge in [-0.25, -0.2) is 4.39 Å². The number of hydrogen-bond donors (Lipinski definition) is 2. The third-order valence-corrected chi connectivity index (χ3v) is 7.04. The van der Waals surface area contributed by atoms with Gasteiger partial charge in [0.2, 0.25) is 5.91 Å². The van der Waals surface area contributed by atoms with E-state index in [-0.39, 0.29) is 30.0 Å². The number of amides is 2. The molecule has 2 saturated heterocycles. The molecular formula is C25H30FN3O4S. The van der Waals surface area contributed by atoms with Crippen molar-refractivity contribution in [2.24, 2.45) is 0 Å². The Morgan fingerprint density at radius 3 is 2.71 bits per heavy atom. The second-order valence-electron chi connectivity index (χ2n) is 8.34. The summed E-state index contributed by atoms with van der Waals surface area (Å²) in [6, 6.07) is 11.6. The van der Waals surface area contributed by atoms with Crippen LogP contribution in [0.3, 0.4) is 0 Å². The average Bonchev–Trinajstić information content (AvgIpc) is 3.38. The molecule has 2 fully saturated rings. The van der Waals surface area contributed by atoms with E-state index < -0.39 is 5.82 Å². The van der Waals surface area contributed by atoms with Crippen LogP contribution in [0, 0.1) is 5.82 Å². The first-order valence-electron chi connectivity index (χ1n) is 11.6. The molecule has 2 aromatic carbocycles. The van der Waals surface area contributed by atoms with E-state index in [1.165, 1.54) is 18.2 Å². The molecular weight excluding hydrogens is 457 g/mol. The molecule has 0 aliphatic carbocycles. The Bertz CT molecular complexity index is 994. The van der Waals surface area contributed by atoms with Crippen LogP contribution in [0.4, 0.5) is 15.8 Å². The Labute approximate surface area is 203 Å². The summed E-state index contributed by atoms with van der Waals surface area (Å²) in [7, 11) is 0. The third-order valence-electron chi connectivity index (χ3n) is 5.84. The van der Waals surface area contributed by atoms with Crippen LogP contribution in [0.1, 0.15) is 29.6 Å². The Kier molecular flexibility index (Phi) is 8.92. The van der Waals surface area contributed by atoms with Crippen LogP contribution in [0.5, 0.6) is 0 Å². The molecule has 2 aromatic rings. The molecule has 1 unspecified atom stereocenters. The molecule has 9 heteroatoms. The van der Waals surface area contributed by atoms with Gasteiger partial charge in [-0.1, -0.05) is 12.1 Å². The molecule has 0 saturated carbocycles. The lowest BCUT2D eigenvalue weighted by atomic mass is 10.2. The van der Waals surface area contributed by atoms with Gasteiger partial charge in [0.05, 0.1) is 30.6 Å². The molecule has 0 spiro atoms. The topological polar surface area (TPSA) is 79.9 Å². The van der Waals surface area contributed by atoms with Crippen LogP contribution in [-0.4, -0.2) is 68.0 Å². The van der Waals surface area contributed by atoms with Gasteiger partial charge in [-0.05, 0) is 43.2 Å². The van der Waals surface area contributed by atoms with Crippen molar-refractivity contribution < 1.29 is 23.5 Å². The maximum atomic E-state index is 14.3. The first kappa shape index (κ1) is 24.7. The van der Waals surface area contributed by atoms with Crippen molar-refractivity contribution >= 4 is 35.0 Å². The second kappa shape index (κ2) is 12.3. The maximum Gasteiger partial charge on any atom is 0.256 e. The number of carbonyl (C=O) groups is 2. The van der Waals surface area contributed by atoms with Crippen LogP contribution < -0.4 is 10.6 Å². The molecule has 2 N–H and O–H groups in total. The number of halogens is 1. The fourth-order valence-corrected chi connectivity index (χ4v) is 5.05. The van der Waals surface area contributed by atoms with Crippen molar-refractivity contribution in [2.45, 2.75) is 30.3 Å². The summed E-state index contributed by atoms with van der Waals surface area (Å²) in [5, 5.41) is 5.45. The van der Waals surface area contributed by atoms with E-state index in [2.05, 4.69) is 15.5 Å². The third kappa shape index (κ3) is 7.02. The zero-order valence-electron chi connectivity index (χ0n) is 19.1. The quantitative estimate of drug-likeness (QED) is 0.521. The molecule has 2 heterocycles. The van der Waals surface area contributed by atoms with Gasteiger partial charge in [0.1, 0.15) is 5.82 Å². The number of carbonyl (C=O) groups excluding carboxylic acids is 2. The number of nitrogens with one attached hydrogen (secondary N) is 2. The number of thioether (sulfide) groups is 1. The summed E-state index contributed by atoms with van der Waals surface area (Å²) in [6.45, 7) is 4.28. The van der Waals surface area contributed by atoms with Crippen LogP contribution in [0.25, 0.3) is 0 Å². The smallest absolute Gasteiger partial charge is 0.256 e. The highest BCUT2D eigenvalue weighted by Crippen LogP contribution is 2.28. The minimum absolute atomic E-state index is 0.0471. The maximum absolute atomic E-state index is 14.3. The summed E-state index contributed by atoms with van der Waals surface area (Å²) < 4.78 is 25.3. The number of anilines is 2. The Morgan fingerprint density at radius 1 is 1.09 bits per heavy atom. The largest absolute Gasteiger partial charge is 0.379 e. The van der Waals surface area contributed by atoms with Crippen molar-refractivity contribution in [3.05, 3.63) is 53.8 Å². The number of benzene rings is 2. The fraction of sp³-hybridized carbons (Fsp3) is 0.440. The van der Waals surface area contributed by atoms with Gasteiger partial charge in [0.25, 0.3) is 5.91 Å². The number of hydrogen-bond acceptors (Lipinski definition) is 6. The van der Waals surface area contributed by atoms with Crippen molar-refractivity contribution in [2.75, 3.05) is 55.8 Å². The number of morpholine rings is 1. The number of rotatable bonds is 9. The molecule has 34 heavy (non-hydrogen) atoms. The summed E-state index contributed by atoms with van der Waals surface area (Å²) in [5.74, 6) is -0.316. The van der Waals surface area contributed by atoms with Crippen molar-refractivity contribution in [3.63, 3.8) is 0 Å². The molecule has 0 aromatic heterocycles. The minimum atomic E-state index is -0.551. The number of nitrogens with zero attached hydrogens (tertiary/aromatic N) is 1. The summed E-state index contributed by atoms with van der Waals surface area (Å²) in [5.41, 5.74) is 1.01. The molecule has 4 rings (SSSR count). The molecule has 182 valence electrons. The van der Waals surface area contributed by atoms with Gasteiger partial charge in [-0.15, -0.1) is 11.8 Å². The second-order valence-corrected chi connectivity index (χ2v) is 9.40. The van der Waals surface area contributed by atoms with Crippen molar-refractivity contribution in [1.82, 2.24) is 4.90 Å². The van der Waals surface area contributed by atoms with Gasteiger partial charge < -0.3 is 20.1 Å². The van der Waals surface area contributed by atoms with Gasteiger partial charge in [0, 0.05) is 49.0 Å². The van der Waals surface area contributed by atoms with Gasteiger partial charge in [-0.3, -0.25) is 14.5 Å². The molecule has 7 nitrogen and oxygen atoms in total. The van der Waals surface area contributed by atoms with Crippen LogP contribution in [-0.2, 0) is 14.3 Å².